The fourth-order valence-electron chi connectivity index (χ4n) is 3.00. The summed E-state index contributed by atoms with van der Waals surface area (Å²) >= 11 is 0. The van der Waals surface area contributed by atoms with Crippen LogP contribution in [-0.4, -0.2) is 25.3 Å². The van der Waals surface area contributed by atoms with Gasteiger partial charge in [-0.25, -0.2) is 8.42 Å². The van der Waals surface area contributed by atoms with Gasteiger partial charge in [-0.3, -0.25) is 0 Å². The van der Waals surface area contributed by atoms with E-state index in [2.05, 4.69) is 13.5 Å². The van der Waals surface area contributed by atoms with Gasteiger partial charge in [0.25, 0.3) is 0 Å². The van der Waals surface area contributed by atoms with Crippen molar-refractivity contribution in [2.75, 3.05) is 6.54 Å². The normalized spacial score (nSPS) is 24.6. The van der Waals surface area contributed by atoms with E-state index in [0.717, 1.165) is 24.0 Å². The Kier molecular flexibility index (Phi) is 4.35. The molecule has 1 aromatic carbocycles. The van der Waals surface area contributed by atoms with Crippen LogP contribution in [0, 0.1) is 12.8 Å². The lowest BCUT2D eigenvalue weighted by atomic mass is 9.89. The summed E-state index contributed by atoms with van der Waals surface area (Å²) in [5.74, 6) is 0.321. The second-order valence-corrected chi connectivity index (χ2v) is 7.73. The lowest BCUT2D eigenvalue weighted by Crippen LogP contribution is -2.48. The molecule has 0 aromatic heterocycles. The van der Waals surface area contributed by atoms with Crippen LogP contribution in [0.5, 0.6) is 0 Å². The van der Waals surface area contributed by atoms with E-state index in [1.165, 1.54) is 0 Å². The maximum Gasteiger partial charge on any atom is 0.243 e. The zero-order chi connectivity index (χ0) is 14.9. The molecule has 0 N–H and O–H groups in total. The molecule has 1 heterocycles. The molecule has 0 bridgehead atoms. The van der Waals surface area contributed by atoms with Crippen LogP contribution in [-0.2, 0) is 10.0 Å². The topological polar surface area (TPSA) is 37.4 Å². The Morgan fingerprint density at radius 3 is 2.45 bits per heavy atom. The third kappa shape index (κ3) is 2.81. The minimum Gasteiger partial charge on any atom is -0.207 e. The Morgan fingerprint density at radius 2 is 1.90 bits per heavy atom. The van der Waals surface area contributed by atoms with Gasteiger partial charge >= 0.3 is 0 Å². The van der Waals surface area contributed by atoms with E-state index < -0.39 is 10.0 Å². The summed E-state index contributed by atoms with van der Waals surface area (Å²) in [5.41, 5.74) is 1.99. The summed E-state index contributed by atoms with van der Waals surface area (Å²) in [6.45, 7) is 10.6. The van der Waals surface area contributed by atoms with Crippen molar-refractivity contribution in [2.45, 2.75) is 44.6 Å². The van der Waals surface area contributed by atoms with E-state index in [1.807, 2.05) is 26.0 Å². The van der Waals surface area contributed by atoms with Gasteiger partial charge in [0.1, 0.15) is 0 Å². The molecule has 1 saturated heterocycles. The fraction of sp³-hybridized carbons (Fsp3) is 0.500. The first-order valence-electron chi connectivity index (χ1n) is 7.08. The summed E-state index contributed by atoms with van der Waals surface area (Å²) in [7, 11) is -3.43. The Bertz CT molecular complexity index is 589. The Morgan fingerprint density at radius 1 is 1.30 bits per heavy atom. The molecule has 3 nitrogen and oxygen atoms in total. The highest BCUT2D eigenvalue weighted by molar-refractivity contribution is 7.89. The minimum atomic E-state index is -3.43. The number of hydrogen-bond donors (Lipinski definition) is 0. The molecule has 20 heavy (non-hydrogen) atoms. The third-order valence-electron chi connectivity index (χ3n) is 4.02. The van der Waals surface area contributed by atoms with Crippen LogP contribution in [0.1, 0.15) is 32.3 Å². The fourth-order valence-corrected chi connectivity index (χ4v) is 4.80. The Hall–Kier alpha value is -1.13. The van der Waals surface area contributed by atoms with Crippen LogP contribution in [0.3, 0.4) is 0 Å². The molecule has 0 spiro atoms. The molecule has 1 fully saturated rings. The maximum absolute atomic E-state index is 12.8. The van der Waals surface area contributed by atoms with Crippen molar-refractivity contribution in [3.05, 3.63) is 42.0 Å². The van der Waals surface area contributed by atoms with Crippen LogP contribution in [0.15, 0.2) is 41.3 Å². The zero-order valence-corrected chi connectivity index (χ0v) is 13.3. The van der Waals surface area contributed by atoms with Gasteiger partial charge in [0.15, 0.2) is 0 Å². The summed E-state index contributed by atoms with van der Waals surface area (Å²) < 4.78 is 27.3. The molecule has 110 valence electrons. The van der Waals surface area contributed by atoms with E-state index >= 15 is 0 Å². The number of nitrogens with zero attached hydrogens (tertiary/aromatic N) is 1. The Balaban J connectivity index is 2.41. The molecule has 1 aliphatic rings. The highest BCUT2D eigenvalue weighted by Crippen LogP contribution is 2.32. The van der Waals surface area contributed by atoms with Crippen LogP contribution < -0.4 is 0 Å². The van der Waals surface area contributed by atoms with E-state index in [-0.39, 0.29) is 6.04 Å². The van der Waals surface area contributed by atoms with Crippen molar-refractivity contribution < 1.29 is 8.42 Å². The summed E-state index contributed by atoms with van der Waals surface area (Å²) in [6.07, 6.45) is 1.97. The van der Waals surface area contributed by atoms with Gasteiger partial charge in [-0.05, 0) is 44.7 Å². The number of sulfonamides is 1. The van der Waals surface area contributed by atoms with Gasteiger partial charge in [-0.15, -0.1) is 0 Å². The molecule has 0 amide bonds. The Labute approximate surface area is 122 Å². The smallest absolute Gasteiger partial charge is 0.207 e. The van der Waals surface area contributed by atoms with Crippen LogP contribution >= 0.6 is 0 Å². The first-order valence-corrected chi connectivity index (χ1v) is 8.52. The average molecular weight is 293 g/mol. The number of benzene rings is 1. The summed E-state index contributed by atoms with van der Waals surface area (Å²) in [5, 5.41) is 0. The molecular weight excluding hydrogens is 270 g/mol. The largest absolute Gasteiger partial charge is 0.243 e. The van der Waals surface area contributed by atoms with Gasteiger partial charge in [0.05, 0.1) is 4.90 Å². The first-order chi connectivity index (χ1) is 9.34. The lowest BCUT2D eigenvalue weighted by molar-refractivity contribution is 0.215. The van der Waals surface area contributed by atoms with Gasteiger partial charge in [0, 0.05) is 12.6 Å². The standard InChI is InChI=1S/C16H23NO2S/c1-12(2)16-14(4)6-5-11-17(16)20(18,19)15-9-7-13(3)8-10-15/h7-10,14,16H,1,5-6,11H2,2-4H3/t14-,16-/m1/s1. The second-order valence-electron chi connectivity index (χ2n) is 5.84. The van der Waals surface area contributed by atoms with Crippen molar-refractivity contribution in [3.8, 4) is 0 Å². The zero-order valence-electron chi connectivity index (χ0n) is 12.5. The number of rotatable bonds is 3. The molecule has 4 heteroatoms. The van der Waals surface area contributed by atoms with E-state index in [0.29, 0.717) is 17.4 Å². The van der Waals surface area contributed by atoms with E-state index in [4.69, 9.17) is 0 Å². The second kappa shape index (κ2) is 5.70. The van der Waals surface area contributed by atoms with Crippen LogP contribution in [0.2, 0.25) is 0 Å². The molecular formula is C16H23NO2S. The SMILES string of the molecule is C=C(C)[C@@H]1[C@H](C)CCCN1S(=O)(=O)c1ccc(C)cc1. The molecule has 0 radical (unpaired) electrons. The quantitative estimate of drug-likeness (QED) is 0.801. The minimum absolute atomic E-state index is 0.0879. The van der Waals surface area contributed by atoms with Crippen LogP contribution in [0.4, 0.5) is 0 Å². The summed E-state index contributed by atoms with van der Waals surface area (Å²) in [6, 6.07) is 6.99. The molecule has 1 aromatic rings. The number of hydrogen-bond acceptors (Lipinski definition) is 2. The molecule has 2 atom stereocenters. The van der Waals surface area contributed by atoms with Gasteiger partial charge < -0.3 is 0 Å². The van der Waals surface area contributed by atoms with Gasteiger partial charge in [-0.2, -0.15) is 4.31 Å². The molecule has 0 aliphatic carbocycles. The predicted octanol–water partition coefficient (Wildman–Crippen LogP) is 3.36. The highest BCUT2D eigenvalue weighted by Gasteiger charge is 2.37. The molecule has 0 unspecified atom stereocenters. The first kappa shape index (κ1) is 15.3. The van der Waals surface area contributed by atoms with E-state index in [1.54, 1.807) is 16.4 Å². The van der Waals surface area contributed by atoms with Crippen molar-refractivity contribution in [2.24, 2.45) is 5.92 Å². The molecule has 1 aliphatic heterocycles. The summed E-state index contributed by atoms with van der Waals surface area (Å²) in [4.78, 5) is 0.378. The lowest BCUT2D eigenvalue weighted by Gasteiger charge is -2.39. The van der Waals surface area contributed by atoms with Crippen molar-refractivity contribution in [1.29, 1.82) is 0 Å². The average Bonchev–Trinajstić information content (AvgIpc) is 2.38. The van der Waals surface area contributed by atoms with Crippen LogP contribution in [0.25, 0.3) is 0 Å². The highest BCUT2D eigenvalue weighted by atomic mass is 32.2. The predicted molar refractivity (Wildman–Crippen MR) is 82.1 cm³/mol. The monoisotopic (exact) mass is 293 g/mol. The molecule has 0 saturated carbocycles. The number of aryl methyl sites for hydroxylation is 1. The van der Waals surface area contributed by atoms with Gasteiger partial charge in [-0.1, -0.05) is 36.8 Å². The van der Waals surface area contributed by atoms with Crippen molar-refractivity contribution >= 4 is 10.0 Å². The third-order valence-corrected chi connectivity index (χ3v) is 5.91. The van der Waals surface area contributed by atoms with Crippen molar-refractivity contribution in [1.82, 2.24) is 4.31 Å². The van der Waals surface area contributed by atoms with Crippen molar-refractivity contribution in [3.63, 3.8) is 0 Å². The van der Waals surface area contributed by atoms with E-state index in [9.17, 15) is 8.42 Å². The van der Waals surface area contributed by atoms with Gasteiger partial charge in [0.2, 0.25) is 10.0 Å². The molecule has 2 rings (SSSR count). The number of piperidine rings is 1. The maximum atomic E-state index is 12.8.